The number of benzene rings is 2. The highest BCUT2D eigenvalue weighted by Gasteiger charge is 2.63. The first-order chi connectivity index (χ1) is 14.9. The lowest BCUT2D eigenvalue weighted by Gasteiger charge is -2.23. The predicted octanol–water partition coefficient (Wildman–Crippen LogP) is 4.39. The van der Waals surface area contributed by atoms with Crippen LogP contribution in [-0.2, 0) is 14.3 Å². The van der Waals surface area contributed by atoms with Gasteiger partial charge in [0.1, 0.15) is 11.9 Å². The number of halogens is 2. The fraction of sp³-hybridized carbons (Fsp3) is 0.348. The molecule has 1 N–H and O–H groups in total. The molecule has 0 unspecified atom stereocenters. The number of hydrogen-bond acceptors (Lipinski definition) is 5. The van der Waals surface area contributed by atoms with Gasteiger partial charge >= 0.3 is 5.97 Å². The zero-order valence-corrected chi connectivity index (χ0v) is 17.9. The third kappa shape index (κ3) is 3.68. The van der Waals surface area contributed by atoms with E-state index in [0.29, 0.717) is 22.0 Å². The lowest BCUT2D eigenvalue weighted by molar-refractivity contribution is -0.145. The molecule has 0 aromatic heterocycles. The molecule has 8 heteroatoms. The standard InChI is InChI=1S/C23H19Cl2NO5/c24-12-1-6-15(17(25)9-12)18(27)10-30-14-4-2-13(3-5-14)26-22(28)20-11-7-16-19(8-11)31-23(29)21(16)20/h1-6,9,11,16,19-21H,7-8,10H2,(H,26,28)/t11-,16+,19+,20-,21-/m1/s1. The van der Waals surface area contributed by atoms with Gasteiger partial charge in [0, 0.05) is 22.2 Å². The Bertz CT molecular complexity index is 1070. The van der Waals surface area contributed by atoms with Gasteiger partial charge in [0.25, 0.3) is 0 Å². The van der Waals surface area contributed by atoms with Crippen LogP contribution < -0.4 is 10.1 Å². The van der Waals surface area contributed by atoms with Gasteiger partial charge in [0.05, 0.1) is 16.9 Å². The van der Waals surface area contributed by atoms with Crippen molar-refractivity contribution in [1.82, 2.24) is 0 Å². The number of carbonyl (C=O) groups excluding carboxylic acids is 3. The molecule has 160 valence electrons. The predicted molar refractivity (Wildman–Crippen MR) is 114 cm³/mol. The summed E-state index contributed by atoms with van der Waals surface area (Å²) in [5, 5.41) is 3.63. The molecule has 2 aliphatic carbocycles. The number of Topliss-reactive ketones (excluding diaryl/α,β-unsaturated/α-hetero) is 1. The van der Waals surface area contributed by atoms with Gasteiger partial charge in [0.2, 0.25) is 11.7 Å². The lowest BCUT2D eigenvalue weighted by Crippen LogP contribution is -2.35. The van der Waals surface area contributed by atoms with Crippen LogP contribution in [0.5, 0.6) is 5.75 Å². The van der Waals surface area contributed by atoms with E-state index >= 15 is 0 Å². The summed E-state index contributed by atoms with van der Waals surface area (Å²) in [5.41, 5.74) is 0.948. The number of fused-ring (bicyclic) bond motifs is 1. The van der Waals surface area contributed by atoms with Gasteiger partial charge in [-0.15, -0.1) is 0 Å². The molecule has 3 fully saturated rings. The van der Waals surface area contributed by atoms with Crippen LogP contribution >= 0.6 is 23.2 Å². The van der Waals surface area contributed by atoms with Gasteiger partial charge in [-0.3, -0.25) is 14.4 Å². The summed E-state index contributed by atoms with van der Waals surface area (Å²) in [6.45, 7) is -0.177. The van der Waals surface area contributed by atoms with E-state index in [1.54, 1.807) is 36.4 Å². The van der Waals surface area contributed by atoms with Crippen molar-refractivity contribution in [3.63, 3.8) is 0 Å². The van der Waals surface area contributed by atoms with Crippen molar-refractivity contribution in [2.24, 2.45) is 23.7 Å². The first kappa shape index (κ1) is 20.3. The van der Waals surface area contributed by atoms with Crippen molar-refractivity contribution in [2.45, 2.75) is 18.9 Å². The maximum atomic E-state index is 12.8. The van der Waals surface area contributed by atoms with E-state index < -0.39 is 0 Å². The zero-order valence-electron chi connectivity index (χ0n) is 16.3. The van der Waals surface area contributed by atoms with Gasteiger partial charge < -0.3 is 14.8 Å². The van der Waals surface area contributed by atoms with Gasteiger partial charge in [-0.05, 0) is 61.2 Å². The van der Waals surface area contributed by atoms with Crippen LogP contribution in [0, 0.1) is 23.7 Å². The average molecular weight is 460 g/mol. The molecular weight excluding hydrogens is 441 g/mol. The van der Waals surface area contributed by atoms with Crippen LogP contribution in [0.1, 0.15) is 23.2 Å². The molecule has 3 aliphatic rings. The maximum absolute atomic E-state index is 12.8. The summed E-state index contributed by atoms with van der Waals surface area (Å²) in [5.74, 6) is -0.391. The molecule has 2 aromatic carbocycles. The summed E-state index contributed by atoms with van der Waals surface area (Å²) >= 11 is 11.9. The molecule has 1 amide bonds. The van der Waals surface area contributed by atoms with Gasteiger partial charge in [-0.2, -0.15) is 0 Å². The van der Waals surface area contributed by atoms with Gasteiger partial charge in [-0.25, -0.2) is 0 Å². The Hall–Kier alpha value is -2.57. The first-order valence-corrected chi connectivity index (χ1v) is 10.9. The second-order valence-electron chi connectivity index (χ2n) is 8.27. The van der Waals surface area contributed by atoms with Crippen molar-refractivity contribution < 1.29 is 23.9 Å². The normalized spacial score (nSPS) is 27.8. The first-order valence-electron chi connectivity index (χ1n) is 10.1. The van der Waals surface area contributed by atoms with Crippen molar-refractivity contribution >= 4 is 46.5 Å². The molecule has 2 saturated carbocycles. The molecule has 2 aromatic rings. The number of hydrogen-bond donors (Lipinski definition) is 1. The Morgan fingerprint density at radius 1 is 1.10 bits per heavy atom. The van der Waals surface area contributed by atoms with E-state index in [4.69, 9.17) is 32.7 Å². The van der Waals surface area contributed by atoms with E-state index in [9.17, 15) is 14.4 Å². The highest BCUT2D eigenvalue weighted by molar-refractivity contribution is 6.36. The van der Waals surface area contributed by atoms with Crippen molar-refractivity contribution in [3.05, 3.63) is 58.1 Å². The molecule has 0 spiro atoms. The Morgan fingerprint density at radius 2 is 1.87 bits per heavy atom. The van der Waals surface area contributed by atoms with Crippen LogP contribution in [0.15, 0.2) is 42.5 Å². The third-order valence-electron chi connectivity index (χ3n) is 6.51. The molecule has 1 heterocycles. The Labute approximate surface area is 188 Å². The van der Waals surface area contributed by atoms with E-state index in [1.807, 2.05) is 0 Å². The second kappa shape index (κ2) is 7.84. The Kier molecular flexibility index (Phi) is 5.15. The summed E-state index contributed by atoms with van der Waals surface area (Å²) < 4.78 is 10.9. The number of anilines is 1. The maximum Gasteiger partial charge on any atom is 0.310 e. The highest BCUT2D eigenvalue weighted by atomic mass is 35.5. The summed E-state index contributed by atoms with van der Waals surface area (Å²) in [6, 6.07) is 11.4. The molecule has 31 heavy (non-hydrogen) atoms. The molecule has 0 radical (unpaired) electrons. The van der Waals surface area contributed by atoms with Crippen molar-refractivity contribution in [1.29, 1.82) is 0 Å². The number of nitrogens with one attached hydrogen (secondary N) is 1. The largest absolute Gasteiger partial charge is 0.485 e. The third-order valence-corrected chi connectivity index (χ3v) is 7.06. The Balaban J connectivity index is 1.18. The van der Waals surface area contributed by atoms with Gasteiger partial charge in [0.15, 0.2) is 6.61 Å². The fourth-order valence-corrected chi connectivity index (χ4v) is 5.68. The van der Waals surface area contributed by atoms with Crippen LogP contribution in [0.3, 0.4) is 0 Å². The minimum atomic E-state index is -0.325. The number of ketones is 1. The monoisotopic (exact) mass is 459 g/mol. The lowest BCUT2D eigenvalue weighted by atomic mass is 9.79. The fourth-order valence-electron chi connectivity index (χ4n) is 5.17. The number of esters is 1. The molecular formula is C23H19Cl2NO5. The summed E-state index contributed by atoms with van der Waals surface area (Å²) in [6.07, 6.45) is 1.68. The number of carbonyl (C=O) groups is 3. The minimum absolute atomic E-state index is 0.00782. The molecule has 1 saturated heterocycles. The summed E-state index contributed by atoms with van der Waals surface area (Å²) in [7, 11) is 0. The van der Waals surface area contributed by atoms with Gasteiger partial charge in [-0.1, -0.05) is 23.2 Å². The molecule has 1 aliphatic heterocycles. The van der Waals surface area contributed by atoms with E-state index in [0.717, 1.165) is 12.8 Å². The molecule has 5 atom stereocenters. The summed E-state index contributed by atoms with van der Waals surface area (Å²) in [4.78, 5) is 37.3. The zero-order chi connectivity index (χ0) is 21.7. The number of rotatable bonds is 6. The van der Waals surface area contributed by atoms with Crippen LogP contribution in [-0.4, -0.2) is 30.4 Å². The van der Waals surface area contributed by atoms with Crippen molar-refractivity contribution in [2.75, 3.05) is 11.9 Å². The molecule has 5 rings (SSSR count). The quantitative estimate of drug-likeness (QED) is 0.511. The van der Waals surface area contributed by atoms with E-state index in [1.165, 1.54) is 6.07 Å². The smallest absolute Gasteiger partial charge is 0.310 e. The van der Waals surface area contributed by atoms with E-state index in [2.05, 4.69) is 5.32 Å². The number of ether oxygens (including phenoxy) is 2. The van der Waals surface area contributed by atoms with Crippen LogP contribution in [0.4, 0.5) is 5.69 Å². The highest BCUT2D eigenvalue weighted by Crippen LogP contribution is 2.57. The molecule has 2 bridgehead atoms. The topological polar surface area (TPSA) is 81.7 Å². The second-order valence-corrected chi connectivity index (χ2v) is 9.12. The molecule has 6 nitrogen and oxygen atoms in total. The van der Waals surface area contributed by atoms with Crippen LogP contribution in [0.2, 0.25) is 10.0 Å². The average Bonchev–Trinajstić information content (AvgIpc) is 3.36. The Morgan fingerprint density at radius 3 is 2.61 bits per heavy atom. The number of amides is 1. The van der Waals surface area contributed by atoms with E-state index in [-0.39, 0.29) is 59.1 Å². The minimum Gasteiger partial charge on any atom is -0.485 e. The van der Waals surface area contributed by atoms with Crippen LogP contribution in [0.25, 0.3) is 0 Å². The SMILES string of the molecule is O=C(COc1ccc(NC(=O)[C@@H]2[C@@H]3C[C@@H]4[C@H]2C(=O)O[C@H]4C3)cc1)c1ccc(Cl)cc1Cl. The van der Waals surface area contributed by atoms with Crippen molar-refractivity contribution in [3.8, 4) is 5.75 Å².